The molecule has 69 heavy (non-hydrogen) atoms. The van der Waals surface area contributed by atoms with Crippen LogP contribution in [0.2, 0.25) is 0 Å². The molecule has 0 radical (unpaired) electrons. The maximum atomic E-state index is 16.1. The lowest BCUT2D eigenvalue weighted by atomic mass is 9.83. The lowest BCUT2D eigenvalue weighted by molar-refractivity contribution is -0.200. The molecule has 8 rings (SSSR count). The molecule has 2 aromatic heterocycles. The summed E-state index contributed by atoms with van der Waals surface area (Å²) < 4.78 is 129. The standard InChI is InChI=1S/C46H52F6N6O9S2/c1-3-26-19-25(2)7-4-5-8-29-23-44(29,42(61)56-69(64,65)32-14-15-32)55-39(59)35-22-36(38(46(50,51)52)58(35)41(60)37(26)57(43(62)63)30-9-6-17-66-24-30)67-31-20-33(54-34(21-31)40-53-16-18-68-40)27-10-12-28(13-11-27)45(47,48)49/h5,8,10-13,16,18,20-21,25-26,29-30,32,35-38H,3-4,6-7,9,14-15,17,19,22-24H2,1-2H3,(H,55,59)(H,56,61)(H,62,63)/b8-5-/t25-,26-,29-,30?,35+,36-,37+,38?,44-/m1/s1. The molecule has 3 aliphatic heterocycles. The molecule has 2 aliphatic carbocycles. The van der Waals surface area contributed by atoms with Crippen molar-refractivity contribution in [3.05, 3.63) is 65.7 Å². The Hall–Kier alpha value is -5.29. The molecule has 23 heteroatoms. The third-order valence-corrected chi connectivity index (χ3v) is 16.3. The van der Waals surface area contributed by atoms with E-state index in [9.17, 15) is 41.1 Å². The number of alkyl halides is 6. The quantitative estimate of drug-likeness (QED) is 0.134. The van der Waals surface area contributed by atoms with Crippen molar-refractivity contribution < 1.29 is 68.5 Å². The molecule has 3 aromatic rings. The summed E-state index contributed by atoms with van der Waals surface area (Å²) in [5.74, 6) is -5.77. The summed E-state index contributed by atoms with van der Waals surface area (Å²) in [7, 11) is -4.17. The first kappa shape index (κ1) is 50.1. The van der Waals surface area contributed by atoms with E-state index in [0.29, 0.717) is 43.6 Å². The van der Waals surface area contributed by atoms with Crippen molar-refractivity contribution in [2.24, 2.45) is 17.8 Å². The highest BCUT2D eigenvalue weighted by Gasteiger charge is 2.65. The molecule has 2 unspecified atom stereocenters. The van der Waals surface area contributed by atoms with E-state index in [0.717, 1.165) is 40.5 Å². The second-order valence-electron chi connectivity index (χ2n) is 18.6. The summed E-state index contributed by atoms with van der Waals surface area (Å²) in [4.78, 5) is 68.0. The van der Waals surface area contributed by atoms with Gasteiger partial charge in [-0.2, -0.15) is 26.3 Å². The topological polar surface area (TPSA) is 197 Å². The number of hydrogen-bond acceptors (Lipinski definition) is 11. The molecule has 2 saturated carbocycles. The number of hydrogen-bond donors (Lipinski definition) is 3. The van der Waals surface area contributed by atoms with Gasteiger partial charge in [0.15, 0.2) is 6.04 Å². The van der Waals surface area contributed by atoms with Gasteiger partial charge < -0.3 is 24.8 Å². The Bertz CT molecular complexity index is 2540. The number of carbonyl (C=O) groups is 4. The lowest BCUT2D eigenvalue weighted by Gasteiger charge is -2.44. The van der Waals surface area contributed by atoms with Crippen molar-refractivity contribution in [2.45, 2.75) is 131 Å². The first-order valence-electron chi connectivity index (χ1n) is 22.9. The van der Waals surface area contributed by atoms with Crippen LogP contribution in [0, 0.1) is 17.8 Å². The number of carbonyl (C=O) groups excluding carboxylic acids is 3. The summed E-state index contributed by atoms with van der Waals surface area (Å²) in [5.41, 5.74) is -2.69. The van der Waals surface area contributed by atoms with E-state index in [2.05, 4.69) is 20.0 Å². The first-order valence-corrected chi connectivity index (χ1v) is 25.3. The number of aromatic nitrogens is 2. The number of halogens is 6. The number of nitrogens with one attached hydrogen (secondary N) is 2. The van der Waals surface area contributed by atoms with E-state index in [1.54, 1.807) is 24.5 Å². The fourth-order valence-electron chi connectivity index (χ4n) is 9.93. The zero-order valence-electron chi connectivity index (χ0n) is 37.5. The highest BCUT2D eigenvalue weighted by molar-refractivity contribution is 7.91. The molecule has 0 bridgehead atoms. The van der Waals surface area contributed by atoms with Crippen LogP contribution in [-0.4, -0.2) is 118 Å². The van der Waals surface area contributed by atoms with Gasteiger partial charge in [-0.05, 0) is 75.3 Å². The summed E-state index contributed by atoms with van der Waals surface area (Å²) in [6.45, 7) is 3.74. The Morgan fingerprint density at radius 2 is 1.78 bits per heavy atom. The average molecular weight is 1010 g/mol. The van der Waals surface area contributed by atoms with Crippen LogP contribution < -0.4 is 14.8 Å². The molecule has 9 atom stereocenters. The fraction of sp³-hybridized carbons (Fsp3) is 0.565. The molecule has 0 spiro atoms. The number of pyridine rings is 1. The molecule has 374 valence electrons. The normalized spacial score (nSPS) is 29.7. The van der Waals surface area contributed by atoms with Gasteiger partial charge in [-0.3, -0.25) is 24.0 Å². The number of allylic oxidation sites excluding steroid dienone is 1. The summed E-state index contributed by atoms with van der Waals surface area (Å²) in [5, 5.41) is 14.5. The van der Waals surface area contributed by atoms with Crippen molar-refractivity contribution in [3.63, 3.8) is 0 Å². The molecule has 2 saturated heterocycles. The van der Waals surface area contributed by atoms with Crippen LogP contribution in [0.1, 0.15) is 83.6 Å². The average Bonchev–Trinajstić information content (AvgIpc) is 4.17. The highest BCUT2D eigenvalue weighted by Crippen LogP contribution is 2.48. The Kier molecular flexibility index (Phi) is 14.1. The largest absolute Gasteiger partial charge is 0.488 e. The van der Waals surface area contributed by atoms with Crippen molar-refractivity contribution in [2.75, 3.05) is 13.2 Å². The van der Waals surface area contributed by atoms with Gasteiger partial charge in [-0.25, -0.2) is 23.2 Å². The molecule has 5 aliphatic rings. The fourth-order valence-corrected chi connectivity index (χ4v) is 11.9. The van der Waals surface area contributed by atoms with Crippen molar-refractivity contribution in [3.8, 4) is 27.7 Å². The minimum absolute atomic E-state index is 0.00893. The molecule has 3 N–H and O–H groups in total. The Balaban J connectivity index is 1.25. The van der Waals surface area contributed by atoms with E-state index in [-0.39, 0.29) is 65.9 Å². The van der Waals surface area contributed by atoms with Gasteiger partial charge in [-0.1, -0.05) is 44.6 Å². The van der Waals surface area contributed by atoms with E-state index in [1.165, 1.54) is 18.3 Å². The van der Waals surface area contributed by atoms with Crippen molar-refractivity contribution in [1.29, 1.82) is 0 Å². The predicted molar refractivity (Wildman–Crippen MR) is 238 cm³/mol. The maximum Gasteiger partial charge on any atom is 0.416 e. The van der Waals surface area contributed by atoms with Crippen LogP contribution in [0.3, 0.4) is 0 Å². The first-order chi connectivity index (χ1) is 32.6. The van der Waals surface area contributed by atoms with Crippen LogP contribution in [0.5, 0.6) is 5.75 Å². The number of fused-ring (bicyclic) bond motifs is 2. The molecule has 4 fully saturated rings. The van der Waals surface area contributed by atoms with Crippen LogP contribution in [-0.2, 0) is 35.3 Å². The van der Waals surface area contributed by atoms with E-state index in [1.807, 2.05) is 6.92 Å². The van der Waals surface area contributed by atoms with Crippen molar-refractivity contribution in [1.82, 2.24) is 29.8 Å². The van der Waals surface area contributed by atoms with Gasteiger partial charge in [-0.15, -0.1) is 11.3 Å². The van der Waals surface area contributed by atoms with E-state index >= 15 is 18.0 Å². The Labute approximate surface area is 398 Å². The van der Waals surface area contributed by atoms with Crippen molar-refractivity contribution >= 4 is 45.2 Å². The second kappa shape index (κ2) is 19.5. The van der Waals surface area contributed by atoms with Gasteiger partial charge >= 0.3 is 18.4 Å². The number of benzene rings is 1. The summed E-state index contributed by atoms with van der Waals surface area (Å²) in [6.07, 6.45) is -7.26. The van der Waals surface area contributed by atoms with Gasteiger partial charge in [0, 0.05) is 48.2 Å². The second-order valence-corrected chi connectivity index (χ2v) is 21.4. The smallest absolute Gasteiger partial charge is 0.416 e. The van der Waals surface area contributed by atoms with E-state index < -0.39 is 111 Å². The van der Waals surface area contributed by atoms with Crippen LogP contribution in [0.4, 0.5) is 31.1 Å². The molecule has 4 amide bonds. The lowest BCUT2D eigenvalue weighted by Crippen LogP contribution is -2.65. The minimum atomic E-state index is -5.36. The Morgan fingerprint density at radius 1 is 1.06 bits per heavy atom. The van der Waals surface area contributed by atoms with Crippen LogP contribution in [0.25, 0.3) is 22.0 Å². The monoisotopic (exact) mass is 1010 g/mol. The number of amides is 4. The number of thiazole rings is 1. The molecular formula is C46H52F6N6O9S2. The molecule has 5 heterocycles. The summed E-state index contributed by atoms with van der Waals surface area (Å²) in [6, 6.07) is -1.33. The van der Waals surface area contributed by atoms with Gasteiger partial charge in [0.2, 0.25) is 21.8 Å². The number of carboxylic acid groups (broad SMARTS) is 1. The number of ether oxygens (including phenoxy) is 2. The third-order valence-electron chi connectivity index (χ3n) is 13.7. The van der Waals surface area contributed by atoms with Crippen LogP contribution in [0.15, 0.2) is 60.1 Å². The minimum Gasteiger partial charge on any atom is -0.488 e. The number of nitrogens with zero attached hydrogens (tertiary/aromatic N) is 4. The zero-order chi connectivity index (χ0) is 49.6. The zero-order valence-corrected chi connectivity index (χ0v) is 39.2. The molecule has 1 aromatic carbocycles. The SMILES string of the molecule is CC[C@@H]1C[C@H](C)CC/C=C\[C@@H]2C[C@@]2(C(=O)NS(=O)(=O)C2CC2)NC(=O)[C@@H]2C[C@@H](Oc3cc(-c4ccc(C(F)(F)F)cc4)nc(-c4nccs4)c3)C(C(F)(F)F)N2C(=O)[C@H]1N(C(=O)O)C1CCCOC1. The third kappa shape index (κ3) is 10.7. The van der Waals surface area contributed by atoms with Gasteiger partial charge in [0.25, 0.3) is 5.91 Å². The van der Waals surface area contributed by atoms with Crippen LogP contribution >= 0.6 is 11.3 Å². The number of sulfonamides is 1. The van der Waals surface area contributed by atoms with Gasteiger partial charge in [0.05, 0.1) is 29.2 Å². The molecular weight excluding hydrogens is 959 g/mol. The predicted octanol–water partition coefficient (Wildman–Crippen LogP) is 7.58. The Morgan fingerprint density at radius 3 is 2.39 bits per heavy atom. The summed E-state index contributed by atoms with van der Waals surface area (Å²) >= 11 is 1.11. The van der Waals surface area contributed by atoms with Gasteiger partial charge in [0.1, 0.15) is 40.2 Å². The van der Waals surface area contributed by atoms with E-state index in [4.69, 9.17) is 9.47 Å². The highest BCUT2D eigenvalue weighted by atomic mass is 32.2. The maximum absolute atomic E-state index is 16.1. The molecule has 15 nitrogen and oxygen atoms in total. The number of rotatable bonds is 10.